The highest BCUT2D eigenvalue weighted by Gasteiger charge is 2.36. The van der Waals surface area contributed by atoms with Crippen molar-refractivity contribution in [1.29, 1.82) is 0 Å². The molecule has 0 unspecified atom stereocenters. The monoisotopic (exact) mass is 476 g/mol. The Hall–Kier alpha value is -3.64. The molecule has 4 rings (SSSR count). The second kappa shape index (κ2) is 10.5. The molecule has 3 amide bonds. The summed E-state index contributed by atoms with van der Waals surface area (Å²) in [5.74, 6) is -0.413. The highest BCUT2D eigenvalue weighted by Crippen LogP contribution is 2.33. The first-order valence-corrected chi connectivity index (χ1v) is 11.7. The van der Waals surface area contributed by atoms with Crippen LogP contribution < -0.4 is 15.0 Å². The van der Waals surface area contributed by atoms with Crippen LogP contribution in [0.5, 0.6) is 5.75 Å². The van der Waals surface area contributed by atoms with E-state index in [0.717, 1.165) is 23.5 Å². The summed E-state index contributed by atoms with van der Waals surface area (Å²) in [6.45, 7) is 2.82. The quantitative estimate of drug-likeness (QED) is 0.288. The van der Waals surface area contributed by atoms with E-state index in [1.807, 2.05) is 0 Å². The molecule has 0 fully saturated rings. The van der Waals surface area contributed by atoms with Crippen LogP contribution in [-0.4, -0.2) is 24.3 Å². The van der Waals surface area contributed by atoms with Crippen LogP contribution >= 0.6 is 11.6 Å². The van der Waals surface area contributed by atoms with E-state index in [-0.39, 0.29) is 10.9 Å². The van der Waals surface area contributed by atoms with Crippen LogP contribution in [0.25, 0.3) is 0 Å². The van der Waals surface area contributed by atoms with Gasteiger partial charge in [-0.25, -0.2) is 4.90 Å². The molecular weight excluding hydrogens is 452 g/mol. The van der Waals surface area contributed by atoms with Crippen LogP contribution in [-0.2, 0) is 0 Å². The lowest BCUT2D eigenvalue weighted by Gasteiger charge is -2.16. The van der Waals surface area contributed by atoms with Gasteiger partial charge in [0.1, 0.15) is 5.75 Å². The van der Waals surface area contributed by atoms with Gasteiger partial charge < -0.3 is 10.1 Å². The Morgan fingerprint density at radius 2 is 1.59 bits per heavy atom. The van der Waals surface area contributed by atoms with Gasteiger partial charge in [0, 0.05) is 5.56 Å². The zero-order chi connectivity index (χ0) is 24.1. The van der Waals surface area contributed by atoms with Gasteiger partial charge >= 0.3 is 0 Å². The molecule has 0 radical (unpaired) electrons. The standard InChI is InChI=1S/C27H25ClN2O4/c1-2-3-4-7-16-34-20-13-10-18(11-14-20)25(31)29-24-15-12-19(17-23(24)28)30-26(32)21-8-5-6-9-22(21)27(30)33/h5-6,8-15,17H,2-4,7,16H2,1H3,(H,29,31). The molecule has 0 spiro atoms. The Morgan fingerprint density at radius 3 is 2.21 bits per heavy atom. The molecule has 0 aromatic heterocycles. The number of nitrogens with one attached hydrogen (secondary N) is 1. The first-order chi connectivity index (χ1) is 16.5. The lowest BCUT2D eigenvalue weighted by molar-refractivity contribution is 0.0924. The van der Waals surface area contributed by atoms with Crippen molar-refractivity contribution in [2.75, 3.05) is 16.8 Å². The van der Waals surface area contributed by atoms with Gasteiger partial charge in [-0.1, -0.05) is 49.9 Å². The van der Waals surface area contributed by atoms with Gasteiger partial charge in [0.2, 0.25) is 0 Å². The summed E-state index contributed by atoms with van der Waals surface area (Å²) in [7, 11) is 0. The SMILES string of the molecule is CCCCCCOc1ccc(C(=O)Nc2ccc(N3C(=O)c4ccccc4C3=O)cc2Cl)cc1. The largest absolute Gasteiger partial charge is 0.494 e. The minimum Gasteiger partial charge on any atom is -0.494 e. The fraction of sp³-hybridized carbons (Fsp3) is 0.222. The summed E-state index contributed by atoms with van der Waals surface area (Å²) in [5, 5.41) is 2.99. The molecule has 34 heavy (non-hydrogen) atoms. The first kappa shape index (κ1) is 23.5. The van der Waals surface area contributed by atoms with Gasteiger partial charge in [0.05, 0.1) is 34.1 Å². The molecule has 3 aromatic rings. The third-order valence-electron chi connectivity index (χ3n) is 5.64. The maximum atomic E-state index is 12.7. The predicted molar refractivity (Wildman–Crippen MR) is 133 cm³/mol. The predicted octanol–water partition coefficient (Wildman–Crippen LogP) is 6.35. The van der Waals surface area contributed by atoms with Gasteiger partial charge in [-0.3, -0.25) is 14.4 Å². The second-order valence-electron chi connectivity index (χ2n) is 8.04. The minimum absolute atomic E-state index is 0.217. The number of anilines is 2. The number of amides is 3. The molecule has 7 heteroatoms. The number of carbonyl (C=O) groups is 3. The number of ether oxygens (including phenoxy) is 1. The van der Waals surface area contributed by atoms with Gasteiger partial charge in [-0.05, 0) is 61.0 Å². The lowest BCUT2D eigenvalue weighted by Crippen LogP contribution is -2.29. The molecule has 3 aromatic carbocycles. The maximum Gasteiger partial charge on any atom is 0.266 e. The lowest BCUT2D eigenvalue weighted by atomic mass is 10.1. The van der Waals surface area contributed by atoms with Crippen molar-refractivity contribution in [2.45, 2.75) is 32.6 Å². The van der Waals surface area contributed by atoms with Crippen LogP contribution in [0.1, 0.15) is 63.7 Å². The van der Waals surface area contributed by atoms with Crippen LogP contribution in [0.15, 0.2) is 66.7 Å². The molecular formula is C27H25ClN2O4. The Morgan fingerprint density at radius 1 is 0.912 bits per heavy atom. The van der Waals surface area contributed by atoms with Crippen molar-refractivity contribution in [2.24, 2.45) is 0 Å². The summed E-state index contributed by atoms with van der Waals surface area (Å²) < 4.78 is 5.71. The van der Waals surface area contributed by atoms with E-state index in [9.17, 15) is 14.4 Å². The number of benzene rings is 3. The summed E-state index contributed by atoms with van der Waals surface area (Å²) in [6.07, 6.45) is 4.53. The second-order valence-corrected chi connectivity index (χ2v) is 8.45. The number of rotatable bonds is 9. The van der Waals surface area contributed by atoms with Crippen LogP contribution in [0, 0.1) is 0 Å². The first-order valence-electron chi connectivity index (χ1n) is 11.3. The fourth-order valence-electron chi connectivity index (χ4n) is 3.78. The summed E-state index contributed by atoms with van der Waals surface area (Å²) in [6, 6.07) is 18.2. The van der Waals surface area contributed by atoms with Crippen molar-refractivity contribution in [3.63, 3.8) is 0 Å². The Bertz CT molecular complexity index is 1190. The van der Waals surface area contributed by atoms with Gasteiger partial charge in [-0.2, -0.15) is 0 Å². The number of carbonyl (C=O) groups excluding carboxylic acids is 3. The molecule has 0 aliphatic carbocycles. The van der Waals surface area contributed by atoms with Crippen molar-refractivity contribution < 1.29 is 19.1 Å². The summed E-state index contributed by atoms with van der Waals surface area (Å²) >= 11 is 6.38. The van der Waals surface area contributed by atoms with Crippen molar-refractivity contribution in [1.82, 2.24) is 0 Å². The number of unbranched alkanes of at least 4 members (excludes halogenated alkanes) is 3. The van der Waals surface area contributed by atoms with Crippen molar-refractivity contribution in [3.05, 3.63) is 88.4 Å². The topological polar surface area (TPSA) is 75.7 Å². The maximum absolute atomic E-state index is 12.7. The van der Waals surface area contributed by atoms with Crippen LogP contribution in [0.2, 0.25) is 5.02 Å². The normalized spacial score (nSPS) is 12.6. The zero-order valence-electron chi connectivity index (χ0n) is 18.8. The highest BCUT2D eigenvalue weighted by molar-refractivity contribution is 6.37. The summed E-state index contributed by atoms with van der Waals surface area (Å²) in [5.41, 5.74) is 1.89. The Labute approximate surface area is 203 Å². The molecule has 1 aliphatic heterocycles. The molecule has 0 atom stereocenters. The van der Waals surface area contributed by atoms with Crippen molar-refractivity contribution in [3.8, 4) is 5.75 Å². The average Bonchev–Trinajstić information content (AvgIpc) is 3.10. The molecule has 6 nitrogen and oxygen atoms in total. The van der Waals surface area contributed by atoms with Crippen LogP contribution in [0.4, 0.5) is 11.4 Å². The third-order valence-corrected chi connectivity index (χ3v) is 5.95. The fourth-order valence-corrected chi connectivity index (χ4v) is 4.01. The Kier molecular flexibility index (Phi) is 7.28. The highest BCUT2D eigenvalue weighted by atomic mass is 35.5. The van der Waals surface area contributed by atoms with E-state index in [1.165, 1.54) is 18.9 Å². The molecule has 174 valence electrons. The van der Waals surface area contributed by atoms with E-state index in [0.29, 0.717) is 34.7 Å². The molecule has 1 N–H and O–H groups in total. The summed E-state index contributed by atoms with van der Waals surface area (Å²) in [4.78, 5) is 39.1. The van der Waals surface area contributed by atoms with Gasteiger partial charge in [0.15, 0.2) is 0 Å². The van der Waals surface area contributed by atoms with Gasteiger partial charge in [0.25, 0.3) is 17.7 Å². The Balaban J connectivity index is 1.40. The average molecular weight is 477 g/mol. The number of fused-ring (bicyclic) bond motifs is 1. The third kappa shape index (κ3) is 4.97. The number of imide groups is 1. The zero-order valence-corrected chi connectivity index (χ0v) is 19.6. The number of nitrogens with zero attached hydrogens (tertiary/aromatic N) is 1. The minimum atomic E-state index is -0.402. The number of hydrogen-bond donors (Lipinski definition) is 1. The van der Waals surface area contributed by atoms with E-state index >= 15 is 0 Å². The van der Waals surface area contributed by atoms with E-state index < -0.39 is 11.8 Å². The number of hydrogen-bond acceptors (Lipinski definition) is 4. The van der Waals surface area contributed by atoms with E-state index in [1.54, 1.807) is 60.7 Å². The molecule has 0 bridgehead atoms. The molecule has 1 heterocycles. The molecule has 1 aliphatic rings. The van der Waals surface area contributed by atoms with E-state index in [2.05, 4.69) is 12.2 Å². The molecule has 0 saturated heterocycles. The molecule has 0 saturated carbocycles. The smallest absolute Gasteiger partial charge is 0.266 e. The van der Waals surface area contributed by atoms with Crippen molar-refractivity contribution >= 4 is 40.7 Å². The number of halogens is 1. The van der Waals surface area contributed by atoms with Crippen LogP contribution in [0.3, 0.4) is 0 Å². The van der Waals surface area contributed by atoms with Gasteiger partial charge in [-0.15, -0.1) is 0 Å². The van der Waals surface area contributed by atoms with E-state index in [4.69, 9.17) is 16.3 Å².